The van der Waals surface area contributed by atoms with Gasteiger partial charge in [0.05, 0.1) is 11.7 Å². The lowest BCUT2D eigenvalue weighted by atomic mass is 9.88. The third kappa shape index (κ3) is 4.44. The number of morpholine rings is 1. The molecule has 0 aromatic carbocycles. The molecule has 112 valence electrons. The fourth-order valence-electron chi connectivity index (χ4n) is 3.77. The lowest BCUT2D eigenvalue weighted by Gasteiger charge is -2.46. The van der Waals surface area contributed by atoms with Crippen LogP contribution < -0.4 is 5.32 Å². The molecule has 19 heavy (non-hydrogen) atoms. The van der Waals surface area contributed by atoms with Gasteiger partial charge in [0.25, 0.3) is 0 Å². The first-order valence-corrected chi connectivity index (χ1v) is 8.15. The highest BCUT2D eigenvalue weighted by Crippen LogP contribution is 2.29. The summed E-state index contributed by atoms with van der Waals surface area (Å²) in [5.74, 6) is 0. The van der Waals surface area contributed by atoms with Crippen LogP contribution in [0.1, 0.15) is 59.8 Å². The number of ether oxygens (including phenoxy) is 1. The summed E-state index contributed by atoms with van der Waals surface area (Å²) in [6.07, 6.45) is 7.01. The first kappa shape index (κ1) is 15.3. The Hall–Kier alpha value is -0.120. The van der Waals surface area contributed by atoms with Crippen molar-refractivity contribution in [3.63, 3.8) is 0 Å². The number of nitrogens with one attached hydrogen (secondary N) is 1. The third-order valence-electron chi connectivity index (χ3n) is 4.49. The highest BCUT2D eigenvalue weighted by Gasteiger charge is 2.35. The Morgan fingerprint density at radius 1 is 1.21 bits per heavy atom. The van der Waals surface area contributed by atoms with Gasteiger partial charge in [-0.2, -0.15) is 0 Å². The largest absolute Gasteiger partial charge is 0.370 e. The molecule has 2 fully saturated rings. The first-order valence-electron chi connectivity index (χ1n) is 8.15. The van der Waals surface area contributed by atoms with Gasteiger partial charge < -0.3 is 10.1 Å². The number of rotatable bonds is 4. The van der Waals surface area contributed by atoms with E-state index in [1.54, 1.807) is 0 Å². The van der Waals surface area contributed by atoms with Crippen molar-refractivity contribution in [2.75, 3.05) is 19.6 Å². The van der Waals surface area contributed by atoms with E-state index in [0.717, 1.165) is 25.2 Å². The van der Waals surface area contributed by atoms with Crippen molar-refractivity contribution in [2.45, 2.75) is 83.6 Å². The standard InChI is InChI=1S/C16H32N2O/c1-5-10-17-14-6-8-15(9-7-14)18-11-13(2)19-16(3,4)12-18/h13-15,17H,5-12H2,1-4H3. The lowest BCUT2D eigenvalue weighted by molar-refractivity contribution is -0.140. The molecule has 0 bridgehead atoms. The van der Waals surface area contributed by atoms with Crippen molar-refractivity contribution in [3.8, 4) is 0 Å². The highest BCUT2D eigenvalue weighted by atomic mass is 16.5. The molecular weight excluding hydrogens is 236 g/mol. The Labute approximate surface area is 119 Å². The first-order chi connectivity index (χ1) is 9.00. The molecule has 0 amide bonds. The predicted octanol–water partition coefficient (Wildman–Crippen LogP) is 2.80. The summed E-state index contributed by atoms with van der Waals surface area (Å²) in [5.41, 5.74) is 0.0228. The van der Waals surface area contributed by atoms with Gasteiger partial charge in [-0.25, -0.2) is 0 Å². The van der Waals surface area contributed by atoms with Gasteiger partial charge in [0.15, 0.2) is 0 Å². The Balaban J connectivity index is 1.80. The number of hydrogen-bond donors (Lipinski definition) is 1. The van der Waals surface area contributed by atoms with Crippen LogP contribution in [0.2, 0.25) is 0 Å². The summed E-state index contributed by atoms with van der Waals surface area (Å²) in [7, 11) is 0. The number of hydrogen-bond acceptors (Lipinski definition) is 3. The Morgan fingerprint density at radius 2 is 1.89 bits per heavy atom. The monoisotopic (exact) mass is 268 g/mol. The zero-order valence-corrected chi connectivity index (χ0v) is 13.2. The minimum atomic E-state index is 0.0228. The van der Waals surface area contributed by atoms with Crippen molar-refractivity contribution in [2.24, 2.45) is 0 Å². The molecule has 3 heteroatoms. The maximum atomic E-state index is 6.01. The van der Waals surface area contributed by atoms with E-state index >= 15 is 0 Å². The molecule has 3 nitrogen and oxygen atoms in total. The molecule has 1 saturated heterocycles. The fourth-order valence-corrected chi connectivity index (χ4v) is 3.77. The SMILES string of the molecule is CCCNC1CCC(N2CC(C)OC(C)(C)C2)CC1. The Kier molecular flexibility index (Phi) is 5.27. The van der Waals surface area contributed by atoms with Crippen molar-refractivity contribution in [3.05, 3.63) is 0 Å². The molecule has 0 radical (unpaired) electrons. The maximum Gasteiger partial charge on any atom is 0.0757 e. The van der Waals surface area contributed by atoms with Gasteiger partial charge in [-0.15, -0.1) is 0 Å². The van der Waals surface area contributed by atoms with E-state index in [1.165, 1.54) is 38.6 Å². The van der Waals surface area contributed by atoms with Gasteiger partial charge in [0.2, 0.25) is 0 Å². The highest BCUT2D eigenvalue weighted by molar-refractivity contribution is 4.89. The maximum absolute atomic E-state index is 6.01. The quantitative estimate of drug-likeness (QED) is 0.848. The second-order valence-electron chi connectivity index (χ2n) is 7.08. The summed E-state index contributed by atoms with van der Waals surface area (Å²) in [6.45, 7) is 12.3. The van der Waals surface area contributed by atoms with E-state index in [9.17, 15) is 0 Å². The van der Waals surface area contributed by atoms with Gasteiger partial charge in [-0.1, -0.05) is 6.92 Å². The van der Waals surface area contributed by atoms with Gasteiger partial charge in [0.1, 0.15) is 0 Å². The minimum absolute atomic E-state index is 0.0228. The lowest BCUT2D eigenvalue weighted by Crippen LogP contribution is -2.56. The van der Waals surface area contributed by atoms with E-state index in [-0.39, 0.29) is 5.60 Å². The normalized spacial score (nSPS) is 36.3. The summed E-state index contributed by atoms with van der Waals surface area (Å²) in [4.78, 5) is 2.68. The van der Waals surface area contributed by atoms with E-state index in [4.69, 9.17) is 4.74 Å². The molecule has 1 N–H and O–H groups in total. The average molecular weight is 268 g/mol. The molecule has 1 saturated carbocycles. The summed E-state index contributed by atoms with van der Waals surface area (Å²) >= 11 is 0. The number of nitrogens with zero attached hydrogens (tertiary/aromatic N) is 1. The van der Waals surface area contributed by atoms with E-state index in [1.807, 2.05) is 0 Å². The van der Waals surface area contributed by atoms with E-state index in [0.29, 0.717) is 6.10 Å². The zero-order chi connectivity index (χ0) is 13.9. The molecule has 0 spiro atoms. The third-order valence-corrected chi connectivity index (χ3v) is 4.49. The van der Waals surface area contributed by atoms with Gasteiger partial charge in [-0.3, -0.25) is 4.90 Å². The van der Waals surface area contributed by atoms with Crippen molar-refractivity contribution in [1.82, 2.24) is 10.2 Å². The molecular formula is C16H32N2O. The van der Waals surface area contributed by atoms with Gasteiger partial charge >= 0.3 is 0 Å². The second kappa shape index (κ2) is 6.55. The van der Waals surface area contributed by atoms with Crippen LogP contribution in [-0.2, 0) is 4.74 Å². The predicted molar refractivity (Wildman–Crippen MR) is 80.5 cm³/mol. The average Bonchev–Trinajstić information content (AvgIpc) is 2.34. The fraction of sp³-hybridized carbons (Fsp3) is 1.00. The van der Waals surface area contributed by atoms with Crippen LogP contribution in [0.4, 0.5) is 0 Å². The van der Waals surface area contributed by atoms with Crippen LogP contribution in [-0.4, -0.2) is 48.3 Å². The topological polar surface area (TPSA) is 24.5 Å². The van der Waals surface area contributed by atoms with Crippen LogP contribution in [0.3, 0.4) is 0 Å². The molecule has 1 atom stereocenters. The molecule has 1 aliphatic heterocycles. The minimum Gasteiger partial charge on any atom is -0.370 e. The van der Waals surface area contributed by atoms with E-state index < -0.39 is 0 Å². The van der Waals surface area contributed by atoms with Crippen LogP contribution in [0.5, 0.6) is 0 Å². The summed E-state index contributed by atoms with van der Waals surface area (Å²) < 4.78 is 6.01. The summed E-state index contributed by atoms with van der Waals surface area (Å²) in [6, 6.07) is 1.55. The Morgan fingerprint density at radius 3 is 2.47 bits per heavy atom. The molecule has 1 aliphatic carbocycles. The van der Waals surface area contributed by atoms with E-state index in [2.05, 4.69) is 37.9 Å². The van der Waals surface area contributed by atoms with Crippen LogP contribution in [0.15, 0.2) is 0 Å². The van der Waals surface area contributed by atoms with Crippen LogP contribution >= 0.6 is 0 Å². The van der Waals surface area contributed by atoms with Crippen LogP contribution in [0, 0.1) is 0 Å². The van der Waals surface area contributed by atoms with Crippen LogP contribution in [0.25, 0.3) is 0 Å². The molecule has 0 aromatic heterocycles. The van der Waals surface area contributed by atoms with Crippen molar-refractivity contribution >= 4 is 0 Å². The summed E-state index contributed by atoms with van der Waals surface area (Å²) in [5, 5.41) is 3.68. The molecule has 0 aromatic rings. The Bertz CT molecular complexity index is 272. The molecule has 2 aliphatic rings. The van der Waals surface area contributed by atoms with Crippen molar-refractivity contribution < 1.29 is 4.74 Å². The molecule has 1 unspecified atom stereocenters. The van der Waals surface area contributed by atoms with Crippen molar-refractivity contribution in [1.29, 1.82) is 0 Å². The smallest absolute Gasteiger partial charge is 0.0757 e. The zero-order valence-electron chi connectivity index (χ0n) is 13.2. The van der Waals surface area contributed by atoms with Gasteiger partial charge in [0, 0.05) is 25.2 Å². The molecule has 1 heterocycles. The second-order valence-corrected chi connectivity index (χ2v) is 7.08. The molecule has 2 rings (SSSR count). The van der Waals surface area contributed by atoms with Gasteiger partial charge in [-0.05, 0) is 59.4 Å².